The number of carbonyl (C=O) groups excluding carboxylic acids is 2. The summed E-state index contributed by atoms with van der Waals surface area (Å²) in [5.74, 6) is -0.534. The number of aromatic nitrogens is 2. The number of esters is 1. The maximum absolute atomic E-state index is 12.6. The first-order chi connectivity index (χ1) is 18.1. The highest BCUT2D eigenvalue weighted by Crippen LogP contribution is 2.28. The molecule has 0 unspecified atom stereocenters. The van der Waals surface area contributed by atoms with Gasteiger partial charge in [-0.3, -0.25) is 4.79 Å². The normalized spacial score (nSPS) is 10.0. The van der Waals surface area contributed by atoms with Gasteiger partial charge >= 0.3 is 5.97 Å². The quantitative estimate of drug-likeness (QED) is 0.212. The van der Waals surface area contributed by atoms with Crippen LogP contribution in [0.25, 0.3) is 0 Å². The second-order valence-corrected chi connectivity index (χ2v) is 7.70. The predicted octanol–water partition coefficient (Wildman–Crippen LogP) is 5.32. The molecule has 0 atom stereocenters. The van der Waals surface area contributed by atoms with Gasteiger partial charge in [0.25, 0.3) is 0 Å². The van der Waals surface area contributed by atoms with Gasteiger partial charge in [0.15, 0.2) is 5.82 Å². The third-order valence-corrected chi connectivity index (χ3v) is 5.10. The molecule has 1 aromatic heterocycles. The molecule has 0 aliphatic heterocycles. The molecule has 0 fully saturated rings. The second kappa shape index (κ2) is 11.8. The standard InChI is InChI=1S/C28H22N6O3/c1-2-25(35)32-24-15-20(27(36)37-18-19-9-5-3-6-10-19)13-14-23(24)33-28-30-17-21(16-29)26(34-28)31-22-11-7-4-8-12-22/h2-15,17H,1,18H2,(H,32,35)(H2,30,31,33,34). The zero-order chi connectivity index (χ0) is 26.0. The summed E-state index contributed by atoms with van der Waals surface area (Å²) in [6, 6.07) is 25.3. The lowest BCUT2D eigenvalue weighted by molar-refractivity contribution is -0.111. The van der Waals surface area contributed by atoms with Gasteiger partial charge in [-0.05, 0) is 42.0 Å². The molecule has 3 N–H and O–H groups in total. The number of nitrogens with zero attached hydrogens (tertiary/aromatic N) is 3. The van der Waals surface area contributed by atoms with Gasteiger partial charge < -0.3 is 20.7 Å². The topological polar surface area (TPSA) is 129 Å². The average Bonchev–Trinajstić information content (AvgIpc) is 2.94. The van der Waals surface area contributed by atoms with E-state index >= 15 is 0 Å². The van der Waals surface area contributed by atoms with E-state index < -0.39 is 11.9 Å². The Labute approximate surface area is 213 Å². The third kappa shape index (κ3) is 6.55. The number of rotatable bonds is 9. The number of benzene rings is 3. The fourth-order valence-electron chi connectivity index (χ4n) is 3.27. The lowest BCUT2D eigenvalue weighted by Crippen LogP contribution is -2.12. The summed E-state index contributed by atoms with van der Waals surface area (Å²) in [7, 11) is 0. The lowest BCUT2D eigenvalue weighted by Gasteiger charge is -2.14. The molecular weight excluding hydrogens is 468 g/mol. The SMILES string of the molecule is C=CC(=O)Nc1cc(C(=O)OCc2ccccc2)ccc1Nc1ncc(C#N)c(Nc2ccccc2)n1. The van der Waals surface area contributed by atoms with Crippen LogP contribution in [0.4, 0.5) is 28.8 Å². The fraction of sp³-hybridized carbons (Fsp3) is 0.0357. The summed E-state index contributed by atoms with van der Waals surface area (Å²) in [5.41, 5.74) is 2.82. The highest BCUT2D eigenvalue weighted by Gasteiger charge is 2.15. The maximum atomic E-state index is 12.6. The van der Waals surface area contributed by atoms with Crippen molar-refractivity contribution in [3.05, 3.63) is 114 Å². The molecule has 182 valence electrons. The van der Waals surface area contributed by atoms with Crippen LogP contribution in [0.15, 0.2) is 97.7 Å². The van der Waals surface area contributed by atoms with E-state index in [1.807, 2.05) is 60.7 Å². The molecule has 0 aliphatic carbocycles. The molecule has 37 heavy (non-hydrogen) atoms. The van der Waals surface area contributed by atoms with Crippen LogP contribution in [0.5, 0.6) is 0 Å². The zero-order valence-corrected chi connectivity index (χ0v) is 19.6. The molecule has 0 spiro atoms. The molecule has 0 aliphatic rings. The first kappa shape index (κ1) is 24.6. The smallest absolute Gasteiger partial charge is 0.338 e. The van der Waals surface area contributed by atoms with E-state index in [1.54, 1.807) is 12.1 Å². The number of hydrogen-bond donors (Lipinski definition) is 3. The number of hydrogen-bond acceptors (Lipinski definition) is 8. The van der Waals surface area contributed by atoms with Crippen molar-refractivity contribution in [3.63, 3.8) is 0 Å². The van der Waals surface area contributed by atoms with Crippen LogP contribution in [0.2, 0.25) is 0 Å². The fourth-order valence-corrected chi connectivity index (χ4v) is 3.27. The largest absolute Gasteiger partial charge is 0.457 e. The molecule has 9 heteroatoms. The number of ether oxygens (including phenoxy) is 1. The van der Waals surface area contributed by atoms with Crippen molar-refractivity contribution >= 4 is 40.7 Å². The van der Waals surface area contributed by atoms with Crippen LogP contribution in [0.1, 0.15) is 21.5 Å². The van der Waals surface area contributed by atoms with Gasteiger partial charge in [0.1, 0.15) is 18.2 Å². The number of nitriles is 1. The summed E-state index contributed by atoms with van der Waals surface area (Å²) >= 11 is 0. The Morgan fingerprint density at radius 2 is 1.70 bits per heavy atom. The Morgan fingerprint density at radius 1 is 0.973 bits per heavy atom. The molecule has 4 aromatic rings. The summed E-state index contributed by atoms with van der Waals surface area (Å²) in [6.45, 7) is 3.59. The minimum Gasteiger partial charge on any atom is -0.457 e. The van der Waals surface area contributed by atoms with Crippen molar-refractivity contribution in [1.82, 2.24) is 9.97 Å². The van der Waals surface area contributed by atoms with Crippen LogP contribution in [-0.4, -0.2) is 21.8 Å². The van der Waals surface area contributed by atoms with Crippen molar-refractivity contribution in [1.29, 1.82) is 5.26 Å². The maximum Gasteiger partial charge on any atom is 0.338 e. The molecular formula is C28H22N6O3. The van der Waals surface area contributed by atoms with Crippen LogP contribution in [-0.2, 0) is 16.1 Å². The highest BCUT2D eigenvalue weighted by molar-refractivity contribution is 6.03. The molecule has 0 bridgehead atoms. The van der Waals surface area contributed by atoms with E-state index in [-0.39, 0.29) is 23.7 Å². The Hall–Kier alpha value is -5.49. The summed E-state index contributed by atoms with van der Waals surface area (Å²) in [5, 5.41) is 18.3. The Morgan fingerprint density at radius 3 is 2.41 bits per heavy atom. The Balaban J connectivity index is 1.58. The van der Waals surface area contributed by atoms with Crippen molar-refractivity contribution in [2.75, 3.05) is 16.0 Å². The van der Waals surface area contributed by atoms with E-state index in [0.29, 0.717) is 17.2 Å². The van der Waals surface area contributed by atoms with Gasteiger partial charge in [0.2, 0.25) is 11.9 Å². The number of para-hydroxylation sites is 1. The first-order valence-electron chi connectivity index (χ1n) is 11.2. The zero-order valence-electron chi connectivity index (χ0n) is 19.6. The van der Waals surface area contributed by atoms with Gasteiger partial charge in [0, 0.05) is 5.69 Å². The van der Waals surface area contributed by atoms with Crippen molar-refractivity contribution < 1.29 is 14.3 Å². The van der Waals surface area contributed by atoms with E-state index in [0.717, 1.165) is 17.3 Å². The van der Waals surface area contributed by atoms with Gasteiger partial charge in [-0.25, -0.2) is 9.78 Å². The van der Waals surface area contributed by atoms with Crippen LogP contribution >= 0.6 is 0 Å². The molecule has 9 nitrogen and oxygen atoms in total. The number of anilines is 5. The van der Waals surface area contributed by atoms with E-state index in [4.69, 9.17) is 4.74 Å². The summed E-state index contributed by atoms with van der Waals surface area (Å²) in [6.07, 6.45) is 2.50. The average molecular weight is 491 g/mol. The monoisotopic (exact) mass is 490 g/mol. The summed E-state index contributed by atoms with van der Waals surface area (Å²) in [4.78, 5) is 33.3. The molecule has 1 amide bonds. The first-order valence-corrected chi connectivity index (χ1v) is 11.2. The van der Waals surface area contributed by atoms with E-state index in [9.17, 15) is 14.9 Å². The van der Waals surface area contributed by atoms with Crippen LogP contribution in [0, 0.1) is 11.3 Å². The van der Waals surface area contributed by atoms with Crippen molar-refractivity contribution in [3.8, 4) is 6.07 Å². The number of nitrogens with one attached hydrogen (secondary N) is 3. The molecule has 1 heterocycles. The predicted molar refractivity (Wildman–Crippen MR) is 141 cm³/mol. The van der Waals surface area contributed by atoms with Gasteiger partial charge in [0.05, 0.1) is 23.1 Å². The van der Waals surface area contributed by atoms with Crippen molar-refractivity contribution in [2.24, 2.45) is 0 Å². The minimum atomic E-state index is -0.548. The molecule has 0 saturated heterocycles. The third-order valence-electron chi connectivity index (χ3n) is 5.10. The number of carbonyl (C=O) groups is 2. The summed E-state index contributed by atoms with van der Waals surface area (Å²) < 4.78 is 5.40. The minimum absolute atomic E-state index is 0.115. The van der Waals surface area contributed by atoms with E-state index in [1.165, 1.54) is 12.3 Å². The highest BCUT2D eigenvalue weighted by atomic mass is 16.5. The van der Waals surface area contributed by atoms with Gasteiger partial charge in [-0.2, -0.15) is 10.2 Å². The van der Waals surface area contributed by atoms with Crippen molar-refractivity contribution in [2.45, 2.75) is 6.61 Å². The lowest BCUT2D eigenvalue weighted by atomic mass is 10.1. The number of amides is 1. The molecule has 4 rings (SSSR count). The van der Waals surface area contributed by atoms with Gasteiger partial charge in [-0.15, -0.1) is 0 Å². The molecule has 0 radical (unpaired) electrons. The second-order valence-electron chi connectivity index (χ2n) is 7.70. The van der Waals surface area contributed by atoms with Crippen LogP contribution < -0.4 is 16.0 Å². The molecule has 0 saturated carbocycles. The van der Waals surface area contributed by atoms with Gasteiger partial charge in [-0.1, -0.05) is 55.1 Å². The van der Waals surface area contributed by atoms with E-state index in [2.05, 4.69) is 38.6 Å². The van der Waals surface area contributed by atoms with Crippen LogP contribution in [0.3, 0.4) is 0 Å². The Bertz CT molecular complexity index is 1470. The molecule has 3 aromatic carbocycles. The Kier molecular flexibility index (Phi) is 7.84.